The minimum Gasteiger partial charge on any atom is -0.480 e. The maximum atomic E-state index is 12.6. The lowest BCUT2D eigenvalue weighted by molar-refractivity contribution is -0.144. The monoisotopic (exact) mass is 328 g/mol. The molecule has 1 saturated heterocycles. The molecule has 0 aromatic heterocycles. The molecule has 2 amide bonds. The maximum Gasteiger partial charge on any atom is 0.406 e. The summed E-state index contributed by atoms with van der Waals surface area (Å²) in [5.41, 5.74) is 0. The Morgan fingerprint density at radius 3 is 2.43 bits per heavy atom. The summed E-state index contributed by atoms with van der Waals surface area (Å²) in [6.07, 6.45) is -3.64. The molecule has 0 aromatic carbocycles. The van der Waals surface area contributed by atoms with Crippen molar-refractivity contribution in [3.05, 3.63) is 0 Å². The standard InChI is InChI=1S/C12H19F3N2O3S/c1-3-5-16(7-12(13,14)15)11(20)17-8(10(18)19)6-21-9(17)4-2/h8-9H,3-7H2,1-2H3,(H,18,19). The van der Waals surface area contributed by atoms with Gasteiger partial charge >= 0.3 is 18.2 Å². The van der Waals surface area contributed by atoms with Crippen LogP contribution in [0, 0.1) is 0 Å². The highest BCUT2D eigenvalue weighted by Crippen LogP contribution is 2.33. The minimum atomic E-state index is -4.50. The molecule has 1 aliphatic heterocycles. The molecule has 2 atom stereocenters. The number of urea groups is 1. The summed E-state index contributed by atoms with van der Waals surface area (Å²) in [5.74, 6) is -0.985. The zero-order chi connectivity index (χ0) is 16.2. The van der Waals surface area contributed by atoms with Gasteiger partial charge < -0.3 is 10.0 Å². The Morgan fingerprint density at radius 1 is 1.38 bits per heavy atom. The predicted molar refractivity (Wildman–Crippen MR) is 73.1 cm³/mol. The fraction of sp³-hybridized carbons (Fsp3) is 0.833. The number of carboxylic acid groups (broad SMARTS) is 1. The van der Waals surface area contributed by atoms with Gasteiger partial charge in [-0.05, 0) is 12.8 Å². The lowest BCUT2D eigenvalue weighted by Gasteiger charge is -2.33. The first-order valence-electron chi connectivity index (χ1n) is 6.69. The largest absolute Gasteiger partial charge is 0.480 e. The fourth-order valence-electron chi connectivity index (χ4n) is 2.22. The topological polar surface area (TPSA) is 60.9 Å². The summed E-state index contributed by atoms with van der Waals surface area (Å²) >= 11 is 1.29. The quantitative estimate of drug-likeness (QED) is 0.843. The van der Waals surface area contributed by atoms with E-state index >= 15 is 0 Å². The first-order chi connectivity index (χ1) is 9.71. The van der Waals surface area contributed by atoms with E-state index in [0.717, 1.165) is 4.90 Å². The molecular weight excluding hydrogens is 309 g/mol. The SMILES string of the molecule is CCCN(CC(F)(F)F)C(=O)N1C(CC)SCC1C(=O)O. The number of alkyl halides is 3. The van der Waals surface area contributed by atoms with Gasteiger partial charge in [0.1, 0.15) is 12.6 Å². The smallest absolute Gasteiger partial charge is 0.406 e. The van der Waals surface area contributed by atoms with E-state index in [1.54, 1.807) is 13.8 Å². The van der Waals surface area contributed by atoms with E-state index in [2.05, 4.69) is 0 Å². The summed E-state index contributed by atoms with van der Waals surface area (Å²) in [7, 11) is 0. The molecule has 1 aliphatic rings. The summed E-state index contributed by atoms with van der Waals surface area (Å²) in [5, 5.41) is 8.75. The summed E-state index contributed by atoms with van der Waals surface area (Å²) in [6.45, 7) is 2.03. The lowest BCUT2D eigenvalue weighted by atomic mass is 10.2. The van der Waals surface area contributed by atoms with Crippen LogP contribution in [-0.4, -0.2) is 63.3 Å². The third-order valence-corrected chi connectivity index (χ3v) is 4.54. The van der Waals surface area contributed by atoms with Crippen LogP contribution >= 0.6 is 11.8 Å². The summed E-state index contributed by atoms with van der Waals surface area (Å²) < 4.78 is 37.7. The molecular formula is C12H19F3N2O3S. The molecule has 0 saturated carbocycles. The molecule has 0 bridgehead atoms. The second kappa shape index (κ2) is 7.24. The number of halogens is 3. The summed E-state index contributed by atoms with van der Waals surface area (Å²) in [6, 6.07) is -1.92. The number of thioether (sulfide) groups is 1. The van der Waals surface area contributed by atoms with Gasteiger partial charge in [-0.15, -0.1) is 11.8 Å². The van der Waals surface area contributed by atoms with Crippen molar-refractivity contribution in [2.75, 3.05) is 18.8 Å². The summed E-state index contributed by atoms with van der Waals surface area (Å²) in [4.78, 5) is 25.3. The second-order valence-electron chi connectivity index (χ2n) is 4.78. The number of amides is 2. The highest BCUT2D eigenvalue weighted by atomic mass is 32.2. The highest BCUT2D eigenvalue weighted by molar-refractivity contribution is 8.00. The van der Waals surface area contributed by atoms with Gasteiger partial charge in [0.2, 0.25) is 0 Å². The Labute approximate surface area is 125 Å². The average molecular weight is 328 g/mol. The second-order valence-corrected chi connectivity index (χ2v) is 5.99. The van der Waals surface area contributed by atoms with Gasteiger partial charge in [-0.1, -0.05) is 13.8 Å². The van der Waals surface area contributed by atoms with Crippen LogP contribution in [0.5, 0.6) is 0 Å². The van der Waals surface area contributed by atoms with Gasteiger partial charge in [0.05, 0.1) is 5.37 Å². The predicted octanol–water partition coefficient (Wildman–Crippen LogP) is 2.62. The number of rotatable bonds is 5. The Hall–Kier alpha value is -1.12. The van der Waals surface area contributed by atoms with E-state index in [1.165, 1.54) is 11.8 Å². The van der Waals surface area contributed by atoms with Crippen LogP contribution in [-0.2, 0) is 4.79 Å². The van der Waals surface area contributed by atoms with Crippen molar-refractivity contribution in [3.63, 3.8) is 0 Å². The van der Waals surface area contributed by atoms with Gasteiger partial charge in [-0.2, -0.15) is 13.2 Å². The zero-order valence-corrected chi connectivity index (χ0v) is 12.7. The molecule has 0 aromatic rings. The first-order valence-corrected chi connectivity index (χ1v) is 7.74. The number of nitrogens with zero attached hydrogens (tertiary/aromatic N) is 2. The molecule has 2 unspecified atom stereocenters. The molecule has 1 heterocycles. The number of carbonyl (C=O) groups is 2. The van der Waals surface area contributed by atoms with Gasteiger partial charge in [0.15, 0.2) is 0 Å². The van der Waals surface area contributed by atoms with E-state index in [-0.39, 0.29) is 12.3 Å². The van der Waals surface area contributed by atoms with Crippen LogP contribution in [0.15, 0.2) is 0 Å². The minimum absolute atomic E-state index is 0.0533. The van der Waals surface area contributed by atoms with E-state index in [9.17, 15) is 22.8 Å². The van der Waals surface area contributed by atoms with Crippen molar-refractivity contribution in [1.82, 2.24) is 9.80 Å². The number of carboxylic acids is 1. The molecule has 5 nitrogen and oxygen atoms in total. The van der Waals surface area contributed by atoms with Crippen molar-refractivity contribution in [2.45, 2.75) is 44.3 Å². The fourth-order valence-corrected chi connectivity index (χ4v) is 3.56. The third kappa shape index (κ3) is 4.69. The van der Waals surface area contributed by atoms with Crippen molar-refractivity contribution >= 4 is 23.8 Å². The maximum absolute atomic E-state index is 12.6. The third-order valence-electron chi connectivity index (χ3n) is 3.08. The number of aliphatic carboxylic acids is 1. The number of carbonyl (C=O) groups excluding carboxylic acids is 1. The van der Waals surface area contributed by atoms with Gasteiger partial charge in [-0.25, -0.2) is 9.59 Å². The van der Waals surface area contributed by atoms with Gasteiger partial charge in [-0.3, -0.25) is 4.90 Å². The molecule has 21 heavy (non-hydrogen) atoms. The van der Waals surface area contributed by atoms with E-state index in [4.69, 9.17) is 5.11 Å². The van der Waals surface area contributed by atoms with Crippen LogP contribution in [0.3, 0.4) is 0 Å². The molecule has 9 heteroatoms. The number of hydrogen-bond donors (Lipinski definition) is 1. The Balaban J connectivity index is 2.95. The van der Waals surface area contributed by atoms with E-state index in [0.29, 0.717) is 17.7 Å². The van der Waals surface area contributed by atoms with Crippen LogP contribution in [0.25, 0.3) is 0 Å². The molecule has 0 radical (unpaired) electrons. The Bertz CT molecular complexity index is 392. The van der Waals surface area contributed by atoms with Crippen LogP contribution in [0.2, 0.25) is 0 Å². The number of hydrogen-bond acceptors (Lipinski definition) is 3. The normalized spacial score (nSPS) is 22.4. The van der Waals surface area contributed by atoms with Crippen LogP contribution < -0.4 is 0 Å². The Kier molecular flexibility index (Phi) is 6.18. The highest BCUT2D eigenvalue weighted by Gasteiger charge is 2.44. The molecule has 1 rings (SSSR count). The van der Waals surface area contributed by atoms with E-state index < -0.39 is 36.1 Å². The molecule has 1 N–H and O–H groups in total. The average Bonchev–Trinajstić information content (AvgIpc) is 2.79. The van der Waals surface area contributed by atoms with Gasteiger partial charge in [0, 0.05) is 12.3 Å². The zero-order valence-electron chi connectivity index (χ0n) is 11.9. The van der Waals surface area contributed by atoms with Crippen molar-refractivity contribution in [2.24, 2.45) is 0 Å². The van der Waals surface area contributed by atoms with Crippen molar-refractivity contribution in [1.29, 1.82) is 0 Å². The van der Waals surface area contributed by atoms with Crippen molar-refractivity contribution in [3.8, 4) is 0 Å². The molecule has 1 fully saturated rings. The molecule has 122 valence electrons. The Morgan fingerprint density at radius 2 is 2.00 bits per heavy atom. The van der Waals surface area contributed by atoms with Gasteiger partial charge in [0.25, 0.3) is 0 Å². The first kappa shape index (κ1) is 17.9. The lowest BCUT2D eigenvalue weighted by Crippen LogP contribution is -2.53. The molecule has 0 spiro atoms. The molecule has 0 aliphatic carbocycles. The van der Waals surface area contributed by atoms with Crippen molar-refractivity contribution < 1.29 is 27.9 Å². The van der Waals surface area contributed by atoms with Crippen LogP contribution in [0.4, 0.5) is 18.0 Å². The van der Waals surface area contributed by atoms with E-state index in [1.807, 2.05) is 0 Å². The van der Waals surface area contributed by atoms with Crippen LogP contribution in [0.1, 0.15) is 26.7 Å².